The van der Waals surface area contributed by atoms with Gasteiger partial charge >= 0.3 is 0 Å². The van der Waals surface area contributed by atoms with Crippen LogP contribution < -0.4 is 15.4 Å². The molecule has 248 valence electrons. The zero-order chi connectivity index (χ0) is 33.7. The first kappa shape index (κ1) is 31.7. The molecule has 3 aromatic carbocycles. The molecule has 0 radical (unpaired) electrons. The van der Waals surface area contributed by atoms with E-state index in [-0.39, 0.29) is 23.3 Å². The van der Waals surface area contributed by atoms with Gasteiger partial charge in [0.15, 0.2) is 0 Å². The molecule has 1 amide bonds. The molecule has 2 aromatic heterocycles. The number of nitrogens with zero attached hydrogens (tertiary/aromatic N) is 2. The van der Waals surface area contributed by atoms with Gasteiger partial charge in [-0.2, -0.15) is 0 Å². The molecule has 2 unspecified atom stereocenters. The molecule has 2 atom stereocenters. The van der Waals surface area contributed by atoms with Crippen molar-refractivity contribution in [1.82, 2.24) is 20.2 Å². The van der Waals surface area contributed by atoms with E-state index in [1.165, 1.54) is 5.57 Å². The molecule has 1 fully saturated rings. The monoisotopic (exact) mass is 689 g/mol. The number of H-pyrrole nitrogens is 1. The Bertz CT molecular complexity index is 2120. The van der Waals surface area contributed by atoms with E-state index in [1.54, 1.807) is 6.20 Å². The molecule has 0 spiro atoms. The molecule has 1 aliphatic carbocycles. The van der Waals surface area contributed by atoms with Crippen molar-refractivity contribution >= 4 is 57.0 Å². The van der Waals surface area contributed by atoms with Gasteiger partial charge in [0.05, 0.1) is 18.3 Å². The molecule has 0 bridgehead atoms. The number of pyridine rings is 1. The number of benzene rings is 3. The van der Waals surface area contributed by atoms with Crippen LogP contribution in [0.4, 0.5) is 5.69 Å². The maximum Gasteiger partial charge on any atom is 0.272 e. The molecule has 3 aliphatic rings. The van der Waals surface area contributed by atoms with Crippen molar-refractivity contribution < 1.29 is 9.53 Å². The summed E-state index contributed by atoms with van der Waals surface area (Å²) in [4.78, 5) is 24.9. The number of nitrogens with one attached hydrogen (secondary N) is 3. The van der Waals surface area contributed by atoms with Gasteiger partial charge < -0.3 is 25.3 Å². The zero-order valence-corrected chi connectivity index (χ0v) is 28.9. The van der Waals surface area contributed by atoms with Crippen LogP contribution in [0.15, 0.2) is 97.3 Å². The summed E-state index contributed by atoms with van der Waals surface area (Å²) in [6.45, 7) is 3.66. The normalized spacial score (nSPS) is 19.1. The largest absolute Gasteiger partial charge is 0.476 e. The van der Waals surface area contributed by atoms with Crippen LogP contribution in [0.25, 0.3) is 22.2 Å². The summed E-state index contributed by atoms with van der Waals surface area (Å²) in [5.41, 5.74) is 8.08. The number of hydrogen-bond acceptors (Lipinski definition) is 5. The molecule has 3 N–H and O–H groups in total. The molecule has 9 heteroatoms. The average Bonchev–Trinajstić information content (AvgIpc) is 3.80. The number of aromatic amines is 1. The van der Waals surface area contributed by atoms with Crippen molar-refractivity contribution in [1.29, 1.82) is 0 Å². The maximum absolute atomic E-state index is 14.6. The van der Waals surface area contributed by atoms with Gasteiger partial charge in [-0.05, 0) is 90.9 Å². The van der Waals surface area contributed by atoms with E-state index in [1.807, 2.05) is 49.5 Å². The third kappa shape index (κ3) is 5.80. The number of fused-ring (bicyclic) bond motifs is 2. The first-order valence-electron chi connectivity index (χ1n) is 16.7. The number of anilines is 1. The van der Waals surface area contributed by atoms with Crippen molar-refractivity contribution in [2.24, 2.45) is 11.3 Å². The molecule has 49 heavy (non-hydrogen) atoms. The van der Waals surface area contributed by atoms with Crippen molar-refractivity contribution in [3.63, 3.8) is 0 Å². The zero-order valence-electron chi connectivity index (χ0n) is 27.4. The Hall–Kier alpha value is -4.56. The van der Waals surface area contributed by atoms with Gasteiger partial charge in [0, 0.05) is 50.9 Å². The summed E-state index contributed by atoms with van der Waals surface area (Å²) in [5, 5.41) is 8.66. The third-order valence-corrected chi connectivity index (χ3v) is 10.5. The molecule has 7 nitrogen and oxygen atoms in total. The summed E-state index contributed by atoms with van der Waals surface area (Å²) in [6, 6.07) is 25.8. The lowest BCUT2D eigenvalue weighted by atomic mass is 9.82. The van der Waals surface area contributed by atoms with Crippen LogP contribution in [0, 0.1) is 11.3 Å². The topological polar surface area (TPSA) is 82.3 Å². The second-order valence-electron chi connectivity index (χ2n) is 13.4. The highest BCUT2D eigenvalue weighted by atomic mass is 35.5. The van der Waals surface area contributed by atoms with Gasteiger partial charge in [-0.3, -0.25) is 4.79 Å². The Balaban J connectivity index is 1.31. The van der Waals surface area contributed by atoms with Crippen molar-refractivity contribution in [2.75, 3.05) is 25.5 Å². The summed E-state index contributed by atoms with van der Waals surface area (Å²) >= 11 is 13.2. The van der Waals surface area contributed by atoms with Gasteiger partial charge in [-0.15, -0.1) is 0 Å². The van der Waals surface area contributed by atoms with Crippen molar-refractivity contribution in [3.8, 4) is 5.88 Å². The Labute approximate surface area is 296 Å². The highest BCUT2D eigenvalue weighted by Gasteiger charge is 2.43. The van der Waals surface area contributed by atoms with E-state index in [4.69, 9.17) is 27.9 Å². The maximum atomic E-state index is 14.6. The van der Waals surface area contributed by atoms with Gasteiger partial charge in [-0.1, -0.05) is 78.7 Å². The van der Waals surface area contributed by atoms with E-state index in [2.05, 4.69) is 81.1 Å². The fraction of sp³-hybridized carbons (Fsp3) is 0.250. The fourth-order valence-electron chi connectivity index (χ4n) is 7.48. The number of allylic oxidation sites excluding steroid dienone is 2. The van der Waals surface area contributed by atoms with Gasteiger partial charge in [0.2, 0.25) is 5.88 Å². The number of aromatic nitrogens is 2. The Kier molecular flexibility index (Phi) is 8.22. The minimum atomic E-state index is -0.284. The highest BCUT2D eigenvalue weighted by molar-refractivity contribution is 6.32. The fourth-order valence-corrected chi connectivity index (χ4v) is 7.83. The predicted octanol–water partition coefficient (Wildman–Crippen LogP) is 9.33. The molecule has 2 aliphatic heterocycles. The number of carbonyl (C=O) groups excluding carboxylic acids is 1. The highest BCUT2D eigenvalue weighted by Crippen LogP contribution is 2.53. The molecule has 8 rings (SSSR count). The lowest BCUT2D eigenvalue weighted by Gasteiger charge is -2.39. The summed E-state index contributed by atoms with van der Waals surface area (Å²) in [7, 11) is 1.96. The summed E-state index contributed by atoms with van der Waals surface area (Å²) < 4.78 is 6.25. The number of amides is 1. The quantitative estimate of drug-likeness (QED) is 0.144. The van der Waals surface area contributed by atoms with Crippen LogP contribution in [0.5, 0.6) is 5.88 Å². The lowest BCUT2D eigenvalue weighted by molar-refractivity contribution is 0.102. The third-order valence-electron chi connectivity index (χ3n) is 10.0. The Morgan fingerprint density at radius 3 is 2.59 bits per heavy atom. The van der Waals surface area contributed by atoms with Gasteiger partial charge in [0.1, 0.15) is 11.4 Å². The smallest absolute Gasteiger partial charge is 0.272 e. The van der Waals surface area contributed by atoms with Gasteiger partial charge in [0.25, 0.3) is 5.91 Å². The Morgan fingerprint density at radius 1 is 1.04 bits per heavy atom. The van der Waals surface area contributed by atoms with Crippen LogP contribution in [-0.2, 0) is 0 Å². The second-order valence-corrected chi connectivity index (χ2v) is 14.3. The number of ether oxygens (including phenoxy) is 1. The predicted molar refractivity (Wildman–Crippen MR) is 198 cm³/mol. The standard InChI is InChI=1S/C40H37Cl2N5O2/c1-24-8-7-19-47-36(26-12-14-27(41)15-13-26)29-20-28(42)21-31-33(29)34(37(47)32(24)25-9-4-3-5-10-25)35(45-31)38(48)46-30-11-6-18-44-39(30)49-23-40(16-17-40)22-43-2/h3-7,9-15,18-21,24,36,43,45H,8,16-17,22-23H2,1-2H3,(H,46,48). The molecular formula is C40H37Cl2N5O2. The van der Waals surface area contributed by atoms with Crippen LogP contribution >= 0.6 is 23.2 Å². The first-order valence-corrected chi connectivity index (χ1v) is 17.5. The van der Waals surface area contributed by atoms with E-state index >= 15 is 0 Å². The first-order chi connectivity index (χ1) is 23.9. The summed E-state index contributed by atoms with van der Waals surface area (Å²) in [6.07, 6.45) is 9.12. The van der Waals surface area contributed by atoms with Crippen molar-refractivity contribution in [2.45, 2.75) is 32.2 Å². The van der Waals surface area contributed by atoms with E-state index in [0.717, 1.165) is 64.7 Å². The van der Waals surface area contributed by atoms with Gasteiger partial charge in [-0.25, -0.2) is 4.98 Å². The summed E-state index contributed by atoms with van der Waals surface area (Å²) in [5.74, 6) is 0.296. The lowest BCUT2D eigenvalue weighted by Crippen LogP contribution is -2.29. The minimum absolute atomic E-state index is 0.110. The van der Waals surface area contributed by atoms with Crippen molar-refractivity contribution in [3.05, 3.63) is 135 Å². The second kappa shape index (κ2) is 12.7. The molecule has 1 saturated carbocycles. The van der Waals surface area contributed by atoms with E-state index < -0.39 is 0 Å². The number of carbonyl (C=O) groups is 1. The van der Waals surface area contributed by atoms with E-state index in [0.29, 0.717) is 33.9 Å². The van der Waals surface area contributed by atoms with Crippen LogP contribution in [0.3, 0.4) is 0 Å². The molecular weight excluding hydrogens is 653 g/mol. The molecule has 0 saturated heterocycles. The van der Waals surface area contributed by atoms with Crippen LogP contribution in [0.2, 0.25) is 10.0 Å². The number of hydrogen-bond donors (Lipinski definition) is 3. The SMILES string of the molecule is CNCC1(COc2ncccc2NC(=O)c2[nH]c3cc(Cl)cc4c3c2C2=C(c3ccccc3)C(C)CC=CN2C4c2ccc(Cl)cc2)CC1. The van der Waals surface area contributed by atoms with Crippen LogP contribution in [-0.4, -0.2) is 41.0 Å². The van der Waals surface area contributed by atoms with Crippen LogP contribution in [0.1, 0.15) is 65.0 Å². The van der Waals surface area contributed by atoms with E-state index in [9.17, 15) is 4.79 Å². The number of halogens is 2. The molecule has 5 aromatic rings. The minimum Gasteiger partial charge on any atom is -0.476 e. The molecule has 4 heterocycles. The number of rotatable bonds is 9. The Morgan fingerprint density at radius 2 is 1.84 bits per heavy atom. The average molecular weight is 691 g/mol.